The number of carbonyl (C=O) groups is 2. The third-order valence-electron chi connectivity index (χ3n) is 1.81. The van der Waals surface area contributed by atoms with Crippen LogP contribution >= 0.6 is 11.6 Å². The maximum Gasteiger partial charge on any atom is 0.315 e. The van der Waals surface area contributed by atoms with Crippen LogP contribution in [-0.2, 0) is 19.4 Å². The Morgan fingerprint density at radius 2 is 1.88 bits per heavy atom. The number of rotatable bonds is 7. The number of ketones is 1. The van der Waals surface area contributed by atoms with Gasteiger partial charge >= 0.3 is 6.43 Å². The van der Waals surface area contributed by atoms with Gasteiger partial charge in [0.2, 0.25) is 0 Å². The number of nitrogens with one attached hydrogen (secondary N) is 1. The van der Waals surface area contributed by atoms with Crippen LogP contribution in [0.5, 0.6) is 0 Å². The molecule has 0 aromatic carbocycles. The highest BCUT2D eigenvalue weighted by Gasteiger charge is 2.25. The van der Waals surface area contributed by atoms with Gasteiger partial charge in [0.05, 0.1) is 17.7 Å². The minimum atomic E-state index is -3.35. The van der Waals surface area contributed by atoms with E-state index in [0.29, 0.717) is 0 Å². The molecule has 0 saturated carbocycles. The van der Waals surface area contributed by atoms with Crippen molar-refractivity contribution >= 4 is 33.1 Å². The molecule has 0 heterocycles. The highest BCUT2D eigenvalue weighted by atomic mass is 35.5. The molecule has 0 aromatic rings. The lowest BCUT2D eigenvalue weighted by Gasteiger charge is -2.15. The Bertz CT molecular complexity index is 385. The zero-order chi connectivity index (χ0) is 13.6. The first-order chi connectivity index (χ1) is 7.67. The molecule has 0 saturated heterocycles. The summed E-state index contributed by atoms with van der Waals surface area (Å²) in [5.41, 5.74) is 0. The Morgan fingerprint density at radius 1 is 1.35 bits per heavy atom. The van der Waals surface area contributed by atoms with Crippen molar-refractivity contribution in [1.29, 1.82) is 0 Å². The quantitative estimate of drug-likeness (QED) is 0.669. The van der Waals surface area contributed by atoms with E-state index >= 15 is 0 Å². The topological polar surface area (TPSA) is 80.3 Å². The third kappa shape index (κ3) is 7.22. The predicted octanol–water partition coefficient (Wildman–Crippen LogP) is -0.0211. The fraction of sp³-hybridized carbons (Fsp3) is 0.750. The van der Waals surface area contributed by atoms with E-state index < -0.39 is 45.6 Å². The Balaban J connectivity index is 4.56. The van der Waals surface area contributed by atoms with Crippen LogP contribution in [-0.4, -0.2) is 50.5 Å². The van der Waals surface area contributed by atoms with Crippen LogP contribution in [0.3, 0.4) is 0 Å². The monoisotopic (exact) mass is 291 g/mol. The lowest BCUT2D eigenvalue weighted by Crippen LogP contribution is -2.45. The van der Waals surface area contributed by atoms with E-state index in [0.717, 1.165) is 6.26 Å². The fourth-order valence-corrected chi connectivity index (χ4v) is 1.82. The van der Waals surface area contributed by atoms with Gasteiger partial charge in [-0.05, 0) is 6.42 Å². The van der Waals surface area contributed by atoms with Gasteiger partial charge in [-0.2, -0.15) is 8.78 Å². The number of hydrogen-bond donors (Lipinski definition) is 1. The number of amides is 1. The minimum Gasteiger partial charge on any atom is -0.341 e. The summed E-state index contributed by atoms with van der Waals surface area (Å²) in [5.74, 6) is -3.21. The first-order valence-electron chi connectivity index (χ1n) is 4.52. The normalized spacial score (nSPS) is 13.5. The van der Waals surface area contributed by atoms with Crippen LogP contribution in [0.4, 0.5) is 8.78 Å². The fourth-order valence-electron chi connectivity index (χ4n) is 0.973. The zero-order valence-corrected chi connectivity index (χ0v) is 10.5. The van der Waals surface area contributed by atoms with E-state index in [4.69, 9.17) is 11.6 Å². The molecule has 0 aliphatic rings. The zero-order valence-electron chi connectivity index (χ0n) is 8.95. The Morgan fingerprint density at radius 3 is 2.24 bits per heavy atom. The highest BCUT2D eigenvalue weighted by Crippen LogP contribution is 2.02. The second-order valence-corrected chi connectivity index (χ2v) is 5.91. The molecule has 100 valence electrons. The van der Waals surface area contributed by atoms with Crippen LogP contribution in [0.1, 0.15) is 6.42 Å². The summed E-state index contributed by atoms with van der Waals surface area (Å²) in [7, 11) is -3.35. The average Bonchev–Trinajstić information content (AvgIpc) is 2.21. The van der Waals surface area contributed by atoms with Gasteiger partial charge in [0, 0.05) is 6.26 Å². The second-order valence-electron chi connectivity index (χ2n) is 3.38. The van der Waals surface area contributed by atoms with Crippen molar-refractivity contribution in [2.75, 3.05) is 17.9 Å². The van der Waals surface area contributed by atoms with Crippen LogP contribution in [0, 0.1) is 0 Å². The van der Waals surface area contributed by atoms with Gasteiger partial charge in [-0.25, -0.2) is 8.42 Å². The van der Waals surface area contributed by atoms with Gasteiger partial charge in [0.1, 0.15) is 9.84 Å². The average molecular weight is 292 g/mol. The molecular weight excluding hydrogens is 280 g/mol. The maximum absolute atomic E-state index is 12.0. The summed E-state index contributed by atoms with van der Waals surface area (Å²) >= 11 is 5.22. The van der Waals surface area contributed by atoms with E-state index in [-0.39, 0.29) is 6.42 Å². The molecule has 5 nitrogen and oxygen atoms in total. The van der Waals surface area contributed by atoms with Gasteiger partial charge in [-0.3, -0.25) is 9.59 Å². The number of halogens is 3. The SMILES string of the molecule is CS(=O)(=O)CCC(NC(=O)C(F)F)C(=O)CCl. The molecule has 0 rings (SSSR count). The van der Waals surface area contributed by atoms with Gasteiger partial charge in [-0.15, -0.1) is 11.6 Å². The standard InChI is InChI=1S/C8H12ClF2NO4S/c1-17(15,16)3-2-5(6(13)4-9)12-8(14)7(10)11/h5,7H,2-4H2,1H3,(H,12,14). The van der Waals surface area contributed by atoms with E-state index in [1.165, 1.54) is 0 Å². The molecule has 0 spiro atoms. The molecule has 1 N–H and O–H groups in total. The molecule has 0 fully saturated rings. The summed E-state index contributed by atoms with van der Waals surface area (Å²) in [6.07, 6.45) is -2.61. The molecular formula is C8H12ClF2NO4S. The summed E-state index contributed by atoms with van der Waals surface area (Å²) in [4.78, 5) is 21.9. The van der Waals surface area contributed by atoms with Gasteiger partial charge < -0.3 is 5.32 Å². The summed E-state index contributed by atoms with van der Waals surface area (Å²) in [6, 6.07) is -1.30. The lowest BCUT2D eigenvalue weighted by molar-refractivity contribution is -0.134. The molecule has 0 aromatic heterocycles. The van der Waals surface area contributed by atoms with Gasteiger partial charge in [0.15, 0.2) is 5.78 Å². The van der Waals surface area contributed by atoms with Gasteiger partial charge in [0.25, 0.3) is 5.91 Å². The van der Waals surface area contributed by atoms with Crippen LogP contribution in [0.15, 0.2) is 0 Å². The Labute approximate surface area is 102 Å². The molecule has 0 aliphatic heterocycles. The summed E-state index contributed by atoms with van der Waals surface area (Å²) in [5, 5.41) is 1.75. The molecule has 1 atom stereocenters. The molecule has 0 bridgehead atoms. The number of Topliss-reactive ketones (excluding diaryl/α,β-unsaturated/α-hetero) is 1. The molecule has 1 unspecified atom stereocenters. The molecule has 9 heteroatoms. The number of hydrogen-bond acceptors (Lipinski definition) is 4. The van der Waals surface area contributed by atoms with Crippen LogP contribution in [0.25, 0.3) is 0 Å². The van der Waals surface area contributed by atoms with E-state index in [1.54, 1.807) is 5.32 Å². The van der Waals surface area contributed by atoms with Crippen molar-refractivity contribution in [2.45, 2.75) is 18.9 Å². The van der Waals surface area contributed by atoms with Crippen molar-refractivity contribution in [1.82, 2.24) is 5.32 Å². The maximum atomic E-state index is 12.0. The van der Waals surface area contributed by atoms with Crippen LogP contribution in [0.2, 0.25) is 0 Å². The lowest BCUT2D eigenvalue weighted by atomic mass is 10.1. The number of carbonyl (C=O) groups excluding carboxylic acids is 2. The number of sulfone groups is 1. The summed E-state index contributed by atoms with van der Waals surface area (Å²) < 4.78 is 45.6. The predicted molar refractivity (Wildman–Crippen MR) is 58.0 cm³/mol. The molecule has 0 aliphatic carbocycles. The first-order valence-corrected chi connectivity index (χ1v) is 7.12. The Hall–Kier alpha value is -0.760. The van der Waals surface area contributed by atoms with Crippen molar-refractivity contribution in [2.24, 2.45) is 0 Å². The van der Waals surface area contributed by atoms with Crippen LogP contribution < -0.4 is 5.32 Å². The Kier molecular flexibility index (Phi) is 6.54. The summed E-state index contributed by atoms with van der Waals surface area (Å²) in [6.45, 7) is 0. The molecule has 17 heavy (non-hydrogen) atoms. The number of alkyl halides is 3. The molecule has 0 radical (unpaired) electrons. The second kappa shape index (κ2) is 6.85. The van der Waals surface area contributed by atoms with Crippen molar-refractivity contribution < 1.29 is 26.8 Å². The van der Waals surface area contributed by atoms with Gasteiger partial charge in [-0.1, -0.05) is 0 Å². The van der Waals surface area contributed by atoms with Crippen molar-refractivity contribution in [3.63, 3.8) is 0 Å². The first kappa shape index (κ1) is 16.2. The minimum absolute atomic E-state index is 0.275. The van der Waals surface area contributed by atoms with E-state index in [2.05, 4.69) is 0 Å². The molecule has 1 amide bonds. The smallest absolute Gasteiger partial charge is 0.315 e. The van der Waals surface area contributed by atoms with E-state index in [1.807, 2.05) is 0 Å². The third-order valence-corrected chi connectivity index (χ3v) is 3.05. The van der Waals surface area contributed by atoms with Crippen molar-refractivity contribution in [3.05, 3.63) is 0 Å². The van der Waals surface area contributed by atoms with E-state index in [9.17, 15) is 26.8 Å². The largest absolute Gasteiger partial charge is 0.341 e. The highest BCUT2D eigenvalue weighted by molar-refractivity contribution is 7.90. The van der Waals surface area contributed by atoms with Crippen molar-refractivity contribution in [3.8, 4) is 0 Å².